The monoisotopic (exact) mass is 266 g/mol. The number of hydrogen-bond acceptors (Lipinski definition) is 2. The fraction of sp³-hybridized carbons (Fsp3) is 0.867. The molecule has 2 rings (SSSR count). The van der Waals surface area contributed by atoms with Crippen molar-refractivity contribution in [3.8, 4) is 0 Å². The SMILES string of the molecule is CCCCC[C@@H](C)NC(=O)[C@@H]1CC(=O)N(C2CC2)C1. The van der Waals surface area contributed by atoms with Gasteiger partial charge in [-0.3, -0.25) is 9.59 Å². The molecule has 1 aliphatic heterocycles. The van der Waals surface area contributed by atoms with E-state index in [0.29, 0.717) is 19.0 Å². The third kappa shape index (κ3) is 3.95. The molecule has 0 aromatic rings. The van der Waals surface area contributed by atoms with Crippen LogP contribution in [0.25, 0.3) is 0 Å². The first-order valence-electron chi connectivity index (χ1n) is 7.71. The molecule has 1 saturated heterocycles. The molecule has 0 aromatic carbocycles. The summed E-state index contributed by atoms with van der Waals surface area (Å²) >= 11 is 0. The zero-order valence-electron chi connectivity index (χ0n) is 12.2. The van der Waals surface area contributed by atoms with Crippen LogP contribution in [0.1, 0.15) is 58.8 Å². The van der Waals surface area contributed by atoms with Gasteiger partial charge in [0.2, 0.25) is 11.8 Å². The molecule has 1 aliphatic carbocycles. The molecule has 2 aliphatic rings. The number of likely N-dealkylation sites (tertiary alicyclic amines) is 1. The Labute approximate surface area is 115 Å². The van der Waals surface area contributed by atoms with Crippen LogP contribution in [0, 0.1) is 5.92 Å². The van der Waals surface area contributed by atoms with E-state index in [4.69, 9.17) is 0 Å². The summed E-state index contributed by atoms with van der Waals surface area (Å²) in [6, 6.07) is 0.663. The van der Waals surface area contributed by atoms with Gasteiger partial charge in [0, 0.05) is 25.0 Å². The molecule has 1 N–H and O–H groups in total. The van der Waals surface area contributed by atoms with Gasteiger partial charge in [0.15, 0.2) is 0 Å². The normalized spacial score (nSPS) is 24.6. The van der Waals surface area contributed by atoms with Crippen molar-refractivity contribution < 1.29 is 9.59 Å². The summed E-state index contributed by atoms with van der Waals surface area (Å²) in [7, 11) is 0. The lowest BCUT2D eigenvalue weighted by atomic mass is 10.1. The standard InChI is InChI=1S/C15H26N2O2/c1-3-4-5-6-11(2)16-15(19)12-9-14(18)17(10-12)13-7-8-13/h11-13H,3-10H2,1-2H3,(H,16,19)/t11-,12-/m1/s1. The van der Waals surface area contributed by atoms with Crippen LogP contribution < -0.4 is 5.32 Å². The van der Waals surface area contributed by atoms with Crippen LogP contribution in [0.5, 0.6) is 0 Å². The lowest BCUT2D eigenvalue weighted by Crippen LogP contribution is -2.38. The zero-order valence-corrected chi connectivity index (χ0v) is 12.2. The molecular weight excluding hydrogens is 240 g/mol. The third-order valence-corrected chi connectivity index (χ3v) is 4.15. The highest BCUT2D eigenvalue weighted by molar-refractivity contribution is 5.89. The molecule has 1 heterocycles. The van der Waals surface area contributed by atoms with E-state index in [0.717, 1.165) is 25.7 Å². The highest BCUT2D eigenvalue weighted by Gasteiger charge is 2.41. The summed E-state index contributed by atoms with van der Waals surface area (Å²) in [6.45, 7) is 4.87. The van der Waals surface area contributed by atoms with E-state index >= 15 is 0 Å². The Kier molecular flexibility index (Phi) is 4.83. The summed E-state index contributed by atoms with van der Waals surface area (Å²) < 4.78 is 0. The summed E-state index contributed by atoms with van der Waals surface area (Å²) in [5, 5.41) is 3.06. The van der Waals surface area contributed by atoms with E-state index in [1.165, 1.54) is 12.8 Å². The van der Waals surface area contributed by atoms with Crippen LogP contribution in [-0.4, -0.2) is 35.3 Å². The summed E-state index contributed by atoms with van der Waals surface area (Å²) in [6.07, 6.45) is 7.26. The van der Waals surface area contributed by atoms with Gasteiger partial charge in [-0.15, -0.1) is 0 Å². The Morgan fingerprint density at radius 1 is 1.42 bits per heavy atom. The Balaban J connectivity index is 1.72. The van der Waals surface area contributed by atoms with Crippen LogP contribution in [-0.2, 0) is 9.59 Å². The molecule has 0 unspecified atom stereocenters. The smallest absolute Gasteiger partial charge is 0.225 e. The van der Waals surface area contributed by atoms with Crippen molar-refractivity contribution in [1.82, 2.24) is 10.2 Å². The number of nitrogens with zero attached hydrogens (tertiary/aromatic N) is 1. The summed E-state index contributed by atoms with van der Waals surface area (Å²) in [5.74, 6) is 0.114. The fourth-order valence-electron chi connectivity index (χ4n) is 2.78. The average molecular weight is 266 g/mol. The maximum atomic E-state index is 12.1. The van der Waals surface area contributed by atoms with Crippen LogP contribution in [0.2, 0.25) is 0 Å². The van der Waals surface area contributed by atoms with Gasteiger partial charge in [0.25, 0.3) is 0 Å². The molecular formula is C15H26N2O2. The minimum atomic E-state index is -0.123. The van der Waals surface area contributed by atoms with Crippen molar-refractivity contribution >= 4 is 11.8 Å². The highest BCUT2D eigenvalue weighted by Crippen LogP contribution is 2.32. The molecule has 4 heteroatoms. The van der Waals surface area contributed by atoms with E-state index in [1.54, 1.807) is 0 Å². The Bertz CT molecular complexity index is 339. The second-order valence-electron chi connectivity index (χ2n) is 6.08. The number of carbonyl (C=O) groups is 2. The Morgan fingerprint density at radius 2 is 2.16 bits per heavy atom. The van der Waals surface area contributed by atoms with Crippen molar-refractivity contribution in [3.05, 3.63) is 0 Å². The van der Waals surface area contributed by atoms with Gasteiger partial charge in [-0.25, -0.2) is 0 Å². The largest absolute Gasteiger partial charge is 0.353 e. The van der Waals surface area contributed by atoms with E-state index in [1.807, 2.05) is 4.90 Å². The van der Waals surface area contributed by atoms with Gasteiger partial charge in [0.1, 0.15) is 0 Å². The van der Waals surface area contributed by atoms with Crippen LogP contribution in [0.3, 0.4) is 0 Å². The molecule has 0 aromatic heterocycles. The molecule has 2 amide bonds. The molecule has 0 radical (unpaired) electrons. The topological polar surface area (TPSA) is 49.4 Å². The Morgan fingerprint density at radius 3 is 2.79 bits per heavy atom. The molecule has 108 valence electrons. The maximum absolute atomic E-state index is 12.1. The van der Waals surface area contributed by atoms with Crippen LogP contribution in [0.4, 0.5) is 0 Å². The predicted octanol–water partition coefficient (Wildman–Crippen LogP) is 2.08. The molecule has 0 spiro atoms. The van der Waals surface area contributed by atoms with Crippen molar-refractivity contribution in [3.63, 3.8) is 0 Å². The average Bonchev–Trinajstić information content (AvgIpc) is 3.13. The molecule has 4 nitrogen and oxygen atoms in total. The van der Waals surface area contributed by atoms with Gasteiger partial charge in [0.05, 0.1) is 5.92 Å². The summed E-state index contributed by atoms with van der Waals surface area (Å²) in [4.78, 5) is 25.9. The quantitative estimate of drug-likeness (QED) is 0.717. The molecule has 0 bridgehead atoms. The predicted molar refractivity (Wildman–Crippen MR) is 74.6 cm³/mol. The van der Waals surface area contributed by atoms with Crippen molar-refractivity contribution in [2.75, 3.05) is 6.54 Å². The highest BCUT2D eigenvalue weighted by atomic mass is 16.2. The number of carbonyl (C=O) groups excluding carboxylic acids is 2. The van der Waals surface area contributed by atoms with Gasteiger partial charge in [-0.1, -0.05) is 26.2 Å². The third-order valence-electron chi connectivity index (χ3n) is 4.15. The molecule has 2 atom stereocenters. The lowest BCUT2D eigenvalue weighted by molar-refractivity contribution is -0.129. The van der Waals surface area contributed by atoms with Crippen LogP contribution >= 0.6 is 0 Å². The van der Waals surface area contributed by atoms with E-state index < -0.39 is 0 Å². The number of amides is 2. The minimum absolute atomic E-state index is 0.0699. The number of nitrogens with one attached hydrogen (secondary N) is 1. The van der Waals surface area contributed by atoms with Crippen LogP contribution in [0.15, 0.2) is 0 Å². The first-order chi connectivity index (χ1) is 9.11. The van der Waals surface area contributed by atoms with Crippen molar-refractivity contribution in [2.24, 2.45) is 5.92 Å². The molecule has 1 saturated carbocycles. The molecule has 2 fully saturated rings. The second-order valence-corrected chi connectivity index (χ2v) is 6.08. The van der Waals surface area contributed by atoms with Gasteiger partial charge in [-0.2, -0.15) is 0 Å². The number of rotatable bonds is 7. The number of unbranched alkanes of at least 4 members (excludes halogenated alkanes) is 2. The summed E-state index contributed by atoms with van der Waals surface area (Å²) in [5.41, 5.74) is 0. The lowest BCUT2D eigenvalue weighted by Gasteiger charge is -2.18. The van der Waals surface area contributed by atoms with Gasteiger partial charge < -0.3 is 10.2 Å². The first kappa shape index (κ1) is 14.4. The fourth-order valence-corrected chi connectivity index (χ4v) is 2.78. The van der Waals surface area contributed by atoms with Crippen molar-refractivity contribution in [1.29, 1.82) is 0 Å². The van der Waals surface area contributed by atoms with Gasteiger partial charge in [-0.05, 0) is 26.2 Å². The van der Waals surface area contributed by atoms with E-state index in [9.17, 15) is 9.59 Å². The maximum Gasteiger partial charge on any atom is 0.225 e. The van der Waals surface area contributed by atoms with E-state index in [2.05, 4.69) is 19.2 Å². The van der Waals surface area contributed by atoms with E-state index in [-0.39, 0.29) is 23.8 Å². The van der Waals surface area contributed by atoms with Crippen molar-refractivity contribution in [2.45, 2.75) is 70.9 Å². The molecule has 19 heavy (non-hydrogen) atoms. The Hall–Kier alpha value is -1.06. The van der Waals surface area contributed by atoms with Gasteiger partial charge >= 0.3 is 0 Å². The number of hydrogen-bond donors (Lipinski definition) is 1. The first-order valence-corrected chi connectivity index (χ1v) is 7.71. The second kappa shape index (κ2) is 6.40. The zero-order chi connectivity index (χ0) is 13.8. The minimum Gasteiger partial charge on any atom is -0.353 e.